The van der Waals surface area contributed by atoms with Gasteiger partial charge in [0.25, 0.3) is 5.91 Å². The number of nitrogens with one attached hydrogen (secondary N) is 1. The second-order valence-electron chi connectivity index (χ2n) is 15.6. The first-order valence-corrected chi connectivity index (χ1v) is 18.5. The molecule has 1 aromatic rings. The molecule has 2 aliphatic heterocycles. The summed E-state index contributed by atoms with van der Waals surface area (Å²) >= 11 is 12.5. The molecule has 15 nitrogen and oxygen atoms in total. The molecule has 0 unspecified atom stereocenters. The van der Waals surface area contributed by atoms with Crippen LogP contribution in [0.1, 0.15) is 96.8 Å². The molecule has 1 spiro atoms. The first kappa shape index (κ1) is 42.9. The van der Waals surface area contributed by atoms with Crippen LogP contribution in [0.3, 0.4) is 0 Å². The van der Waals surface area contributed by atoms with Crippen molar-refractivity contribution >= 4 is 53.2 Å². The summed E-state index contributed by atoms with van der Waals surface area (Å²) in [6.07, 6.45) is 0.737. The topological polar surface area (TPSA) is 179 Å². The molecule has 0 radical (unpaired) electrons. The van der Waals surface area contributed by atoms with Gasteiger partial charge in [-0.1, -0.05) is 29.6 Å². The summed E-state index contributed by atoms with van der Waals surface area (Å²) < 4.78 is 33.4. The van der Waals surface area contributed by atoms with Gasteiger partial charge in [0.15, 0.2) is 11.3 Å². The average molecular weight is 801 g/mol. The van der Waals surface area contributed by atoms with Crippen molar-refractivity contribution in [3.63, 3.8) is 0 Å². The van der Waals surface area contributed by atoms with Gasteiger partial charge < -0.3 is 38.8 Å². The number of hydrogen-bond donors (Lipinski definition) is 2. The zero-order valence-electron chi connectivity index (χ0n) is 32.2. The van der Waals surface area contributed by atoms with Crippen molar-refractivity contribution in [2.75, 3.05) is 27.9 Å². The Morgan fingerprint density at radius 3 is 1.94 bits per heavy atom. The van der Waals surface area contributed by atoms with Gasteiger partial charge in [-0.05, 0) is 98.3 Å². The van der Waals surface area contributed by atoms with Gasteiger partial charge in [-0.25, -0.2) is 19.2 Å². The number of amides is 3. The number of carbonyl (C=O) groups is 5. The van der Waals surface area contributed by atoms with Crippen LogP contribution in [0.4, 0.5) is 9.59 Å². The summed E-state index contributed by atoms with van der Waals surface area (Å²) in [5.74, 6) is -2.67. The number of aliphatic hydroxyl groups is 1. The first-order chi connectivity index (χ1) is 25.1. The Balaban J connectivity index is 1.84. The lowest BCUT2D eigenvalue weighted by Crippen LogP contribution is -2.69. The zero-order valence-corrected chi connectivity index (χ0v) is 33.7. The van der Waals surface area contributed by atoms with E-state index in [-0.39, 0.29) is 40.8 Å². The molecule has 3 fully saturated rings. The van der Waals surface area contributed by atoms with Gasteiger partial charge in [0.1, 0.15) is 28.7 Å². The van der Waals surface area contributed by atoms with E-state index in [0.29, 0.717) is 12.8 Å². The van der Waals surface area contributed by atoms with Crippen LogP contribution >= 0.6 is 23.2 Å². The quantitative estimate of drug-likeness (QED) is 0.185. The Kier molecular flexibility index (Phi) is 13.1. The lowest BCUT2D eigenvalue weighted by atomic mass is 9.83. The van der Waals surface area contributed by atoms with E-state index in [2.05, 4.69) is 5.32 Å². The number of carbonyl (C=O) groups excluding carboxylic acids is 5. The smallest absolute Gasteiger partial charge is 0.413 e. The molecular weight excluding hydrogens is 749 g/mol. The maximum Gasteiger partial charge on any atom is 0.413 e. The van der Waals surface area contributed by atoms with Crippen molar-refractivity contribution in [1.29, 1.82) is 0 Å². The summed E-state index contributed by atoms with van der Waals surface area (Å²) in [5, 5.41) is 15.1. The molecule has 54 heavy (non-hydrogen) atoms. The van der Waals surface area contributed by atoms with E-state index in [1.54, 1.807) is 41.5 Å². The maximum absolute atomic E-state index is 14.3. The van der Waals surface area contributed by atoms with Crippen LogP contribution in [-0.2, 0) is 33.3 Å². The average Bonchev–Trinajstić information content (AvgIpc) is 3.64. The van der Waals surface area contributed by atoms with Crippen LogP contribution in [0.5, 0.6) is 5.75 Å². The molecule has 3 amide bonds. The van der Waals surface area contributed by atoms with Gasteiger partial charge in [0.2, 0.25) is 0 Å². The molecule has 2 saturated heterocycles. The second-order valence-corrected chi connectivity index (χ2v) is 16.4. The summed E-state index contributed by atoms with van der Waals surface area (Å²) in [5.41, 5.74) is -5.73. The largest absolute Gasteiger partial charge is 0.494 e. The molecule has 3 aliphatic rings. The van der Waals surface area contributed by atoms with E-state index in [9.17, 15) is 29.1 Å². The van der Waals surface area contributed by atoms with Gasteiger partial charge in [-0.15, -0.1) is 0 Å². The second kappa shape index (κ2) is 16.5. The molecule has 2 N–H and O–H groups in total. The van der Waals surface area contributed by atoms with E-state index < -0.39 is 76.4 Å². The van der Waals surface area contributed by atoms with Crippen LogP contribution in [0.25, 0.3) is 0 Å². The van der Waals surface area contributed by atoms with E-state index >= 15 is 0 Å². The van der Waals surface area contributed by atoms with E-state index in [4.69, 9.17) is 51.6 Å². The van der Waals surface area contributed by atoms with Crippen molar-refractivity contribution in [3.05, 3.63) is 39.5 Å². The Labute approximate surface area is 325 Å². The molecule has 2 heterocycles. The molecule has 1 saturated carbocycles. The van der Waals surface area contributed by atoms with Crippen molar-refractivity contribution in [2.24, 2.45) is 0 Å². The highest BCUT2D eigenvalue weighted by Crippen LogP contribution is 2.47. The number of likely N-dealkylation sites (tertiary alicyclic amines) is 1. The highest BCUT2D eigenvalue weighted by atomic mass is 35.5. The van der Waals surface area contributed by atoms with Gasteiger partial charge >= 0.3 is 24.1 Å². The standard InChI is InChI=1S/C37H51Cl2N3O12/c1-34(2,3)53-32(47)41-22(19-25(30(45)50-8)40-29(44)21-17-23(38)27(49-7)24(39)18-21)13-16-37(41,31(46)51-9)28(43)26-20-52-36(14-11-10-12-15-36)42(26)33(48)54-35(4,5)6/h17-19,22,26,28,43H,10-16,20H2,1-9H3,(H,40,44)/b25-19-/t22-,26+,28+,37-/m1/s1. The van der Waals surface area contributed by atoms with Crippen LogP contribution in [0.2, 0.25) is 10.0 Å². The molecular formula is C37H51Cl2N3O12. The lowest BCUT2D eigenvalue weighted by molar-refractivity contribution is -0.166. The molecule has 4 atom stereocenters. The molecule has 1 aromatic carbocycles. The number of esters is 2. The van der Waals surface area contributed by atoms with E-state index in [0.717, 1.165) is 38.4 Å². The van der Waals surface area contributed by atoms with Crippen molar-refractivity contribution in [2.45, 2.75) is 127 Å². The molecule has 4 rings (SSSR count). The first-order valence-electron chi connectivity index (χ1n) is 17.7. The van der Waals surface area contributed by atoms with Crippen LogP contribution in [0, 0.1) is 0 Å². The summed E-state index contributed by atoms with van der Waals surface area (Å²) in [6, 6.07) is 0.217. The minimum absolute atomic E-state index is 0.0320. The Hall–Kier alpha value is -3.79. The van der Waals surface area contributed by atoms with Crippen molar-refractivity contribution < 1.29 is 57.5 Å². The van der Waals surface area contributed by atoms with E-state index in [1.807, 2.05) is 0 Å². The molecule has 0 bridgehead atoms. The van der Waals surface area contributed by atoms with Gasteiger partial charge in [0, 0.05) is 5.56 Å². The fourth-order valence-corrected chi connectivity index (χ4v) is 7.99. The van der Waals surface area contributed by atoms with Crippen LogP contribution in [-0.4, -0.2) is 114 Å². The fraction of sp³-hybridized carbons (Fsp3) is 0.649. The van der Waals surface area contributed by atoms with Crippen molar-refractivity contribution in [3.8, 4) is 5.75 Å². The molecule has 17 heteroatoms. The monoisotopic (exact) mass is 799 g/mol. The highest BCUT2D eigenvalue weighted by Gasteiger charge is 2.66. The third-order valence-electron chi connectivity index (χ3n) is 9.56. The normalized spacial score (nSPS) is 23.4. The highest BCUT2D eigenvalue weighted by molar-refractivity contribution is 6.37. The predicted molar refractivity (Wildman–Crippen MR) is 196 cm³/mol. The number of halogens is 2. The fourth-order valence-electron chi connectivity index (χ4n) is 7.35. The van der Waals surface area contributed by atoms with Gasteiger partial charge in [-0.2, -0.15) is 0 Å². The minimum Gasteiger partial charge on any atom is -0.494 e. The number of ether oxygens (including phenoxy) is 6. The molecule has 300 valence electrons. The Morgan fingerprint density at radius 2 is 1.44 bits per heavy atom. The Bertz CT molecular complexity index is 1630. The summed E-state index contributed by atoms with van der Waals surface area (Å²) in [7, 11) is 3.56. The summed E-state index contributed by atoms with van der Waals surface area (Å²) in [6.45, 7) is 9.82. The SMILES string of the molecule is COC(=O)/C(=C/[C@H]1CC[C@](C(=O)OC)([C@@H](O)[C@@H]2COC3(CCCCC3)N2C(=O)OC(C)(C)C)N1C(=O)OC(C)(C)C)NC(=O)c1cc(Cl)c(OC)c(Cl)c1. The minimum atomic E-state index is -2.19. The number of benzene rings is 1. The maximum atomic E-state index is 14.3. The van der Waals surface area contributed by atoms with Crippen LogP contribution < -0.4 is 10.1 Å². The predicted octanol–water partition coefficient (Wildman–Crippen LogP) is 5.76. The van der Waals surface area contributed by atoms with Crippen molar-refractivity contribution in [1.82, 2.24) is 15.1 Å². The third-order valence-corrected chi connectivity index (χ3v) is 10.1. The number of aliphatic hydroxyl groups excluding tert-OH is 1. The number of methoxy groups -OCH3 is 3. The van der Waals surface area contributed by atoms with Crippen LogP contribution in [0.15, 0.2) is 23.9 Å². The number of rotatable bonds is 8. The van der Waals surface area contributed by atoms with Gasteiger partial charge in [-0.3, -0.25) is 14.6 Å². The van der Waals surface area contributed by atoms with Gasteiger partial charge in [0.05, 0.1) is 50.1 Å². The Morgan fingerprint density at radius 1 is 0.889 bits per heavy atom. The third kappa shape index (κ3) is 8.85. The number of hydrogen-bond acceptors (Lipinski definition) is 12. The number of nitrogens with zero attached hydrogens (tertiary/aromatic N) is 2. The zero-order chi connectivity index (χ0) is 40.4. The molecule has 1 aliphatic carbocycles. The lowest BCUT2D eigenvalue weighted by Gasteiger charge is -2.47. The van der Waals surface area contributed by atoms with E-state index in [1.165, 1.54) is 30.2 Å². The summed E-state index contributed by atoms with van der Waals surface area (Å²) in [4.78, 5) is 71.5. The molecule has 0 aromatic heterocycles.